The lowest BCUT2D eigenvalue weighted by Crippen LogP contribution is -2.25. The average molecular weight is 377 g/mol. The first-order valence-corrected chi connectivity index (χ1v) is 10.4. The highest BCUT2D eigenvalue weighted by Gasteiger charge is 2.11. The summed E-state index contributed by atoms with van der Waals surface area (Å²) >= 11 is 0. The zero-order valence-corrected chi connectivity index (χ0v) is 17.4. The summed E-state index contributed by atoms with van der Waals surface area (Å²) in [6, 6.07) is 0. The van der Waals surface area contributed by atoms with Gasteiger partial charge in [-0.3, -0.25) is 0 Å². The molecule has 2 heterocycles. The highest BCUT2D eigenvalue weighted by molar-refractivity contribution is 5.92. The Bertz CT molecular complexity index is 594. The molecular formula is C19H36N8. The van der Waals surface area contributed by atoms with Gasteiger partial charge >= 0.3 is 0 Å². The second kappa shape index (κ2) is 11.7. The van der Waals surface area contributed by atoms with E-state index in [1.807, 2.05) is 0 Å². The van der Waals surface area contributed by atoms with E-state index in [1.165, 1.54) is 0 Å². The van der Waals surface area contributed by atoms with E-state index in [1.54, 1.807) is 6.33 Å². The van der Waals surface area contributed by atoms with E-state index >= 15 is 0 Å². The lowest BCUT2D eigenvalue weighted by Gasteiger charge is -2.18. The molecule has 0 spiro atoms. The van der Waals surface area contributed by atoms with Gasteiger partial charge in [0.1, 0.15) is 11.0 Å². The molecule has 0 aliphatic heterocycles. The lowest BCUT2D eigenvalue weighted by atomic mass is 10.3. The van der Waals surface area contributed by atoms with Crippen LogP contribution in [0.4, 0.5) is 11.6 Å². The van der Waals surface area contributed by atoms with Crippen LogP contribution in [0, 0.1) is 0 Å². The second-order valence-electron chi connectivity index (χ2n) is 6.64. The van der Waals surface area contributed by atoms with E-state index < -0.39 is 0 Å². The zero-order chi connectivity index (χ0) is 19.5. The molecule has 0 atom stereocenters. The normalized spacial score (nSPS) is 11.6. The van der Waals surface area contributed by atoms with Crippen molar-refractivity contribution in [2.24, 2.45) is 0 Å². The van der Waals surface area contributed by atoms with Gasteiger partial charge in [-0.25, -0.2) is 4.98 Å². The van der Waals surface area contributed by atoms with Gasteiger partial charge in [-0.2, -0.15) is 0 Å². The number of anilines is 2. The number of H-pyrrole nitrogens is 1. The van der Waals surface area contributed by atoms with Gasteiger partial charge < -0.3 is 25.4 Å². The predicted molar refractivity (Wildman–Crippen MR) is 113 cm³/mol. The number of aromatic nitrogens is 4. The van der Waals surface area contributed by atoms with Gasteiger partial charge in [0.15, 0.2) is 11.6 Å². The van der Waals surface area contributed by atoms with Crippen LogP contribution in [0.2, 0.25) is 0 Å². The molecule has 0 bridgehead atoms. The summed E-state index contributed by atoms with van der Waals surface area (Å²) in [5.74, 6) is 1.52. The second-order valence-corrected chi connectivity index (χ2v) is 6.64. The molecule has 0 aromatic carbocycles. The van der Waals surface area contributed by atoms with Gasteiger partial charge in [-0.05, 0) is 52.1 Å². The van der Waals surface area contributed by atoms with Crippen LogP contribution in [0.3, 0.4) is 0 Å². The van der Waals surface area contributed by atoms with Gasteiger partial charge in [0, 0.05) is 13.1 Å². The van der Waals surface area contributed by atoms with Crippen molar-refractivity contribution in [1.82, 2.24) is 30.0 Å². The minimum absolute atomic E-state index is 0.750. The highest BCUT2D eigenvalue weighted by Crippen LogP contribution is 2.22. The molecule has 0 saturated heterocycles. The van der Waals surface area contributed by atoms with Gasteiger partial charge in [-0.1, -0.05) is 27.7 Å². The largest absolute Gasteiger partial charge is 0.367 e. The Kier molecular flexibility index (Phi) is 9.27. The van der Waals surface area contributed by atoms with E-state index in [0.717, 1.165) is 87.9 Å². The molecule has 0 amide bonds. The molecule has 2 aromatic rings. The number of fused-ring (bicyclic) bond motifs is 1. The third-order valence-corrected chi connectivity index (χ3v) is 5.03. The van der Waals surface area contributed by atoms with Crippen molar-refractivity contribution in [3.8, 4) is 0 Å². The molecule has 0 aliphatic carbocycles. The fourth-order valence-corrected chi connectivity index (χ4v) is 3.19. The summed E-state index contributed by atoms with van der Waals surface area (Å²) < 4.78 is 0. The summed E-state index contributed by atoms with van der Waals surface area (Å²) in [6.07, 6.45) is 3.85. The summed E-state index contributed by atoms with van der Waals surface area (Å²) in [6.45, 7) is 17.1. The molecule has 0 saturated carbocycles. The molecule has 8 nitrogen and oxygen atoms in total. The van der Waals surface area contributed by atoms with Crippen LogP contribution in [0.1, 0.15) is 40.5 Å². The molecule has 0 aliphatic rings. The highest BCUT2D eigenvalue weighted by atomic mass is 15.2. The molecule has 152 valence electrons. The number of aromatic amines is 1. The van der Waals surface area contributed by atoms with Crippen LogP contribution in [-0.2, 0) is 0 Å². The van der Waals surface area contributed by atoms with Crippen molar-refractivity contribution >= 4 is 22.7 Å². The van der Waals surface area contributed by atoms with E-state index in [4.69, 9.17) is 0 Å². The first-order chi connectivity index (χ1) is 13.2. The Morgan fingerprint density at radius 2 is 1.33 bits per heavy atom. The molecule has 2 aromatic heterocycles. The Morgan fingerprint density at radius 3 is 1.89 bits per heavy atom. The number of rotatable bonds is 14. The molecule has 0 radical (unpaired) electrons. The van der Waals surface area contributed by atoms with Gasteiger partial charge in [0.25, 0.3) is 0 Å². The van der Waals surface area contributed by atoms with E-state index in [0.29, 0.717) is 0 Å². The molecule has 3 N–H and O–H groups in total. The van der Waals surface area contributed by atoms with Crippen LogP contribution in [0.15, 0.2) is 6.33 Å². The maximum atomic E-state index is 4.43. The van der Waals surface area contributed by atoms with Gasteiger partial charge in [-0.15, -0.1) is 10.2 Å². The Balaban J connectivity index is 1.87. The van der Waals surface area contributed by atoms with Crippen LogP contribution >= 0.6 is 0 Å². The monoisotopic (exact) mass is 376 g/mol. The Morgan fingerprint density at radius 1 is 0.815 bits per heavy atom. The summed E-state index contributed by atoms with van der Waals surface area (Å²) in [5.41, 5.74) is 1.76. The lowest BCUT2D eigenvalue weighted by molar-refractivity contribution is 0.303. The van der Waals surface area contributed by atoms with E-state index in [-0.39, 0.29) is 0 Å². The summed E-state index contributed by atoms with van der Waals surface area (Å²) in [7, 11) is 0. The van der Waals surface area contributed by atoms with Gasteiger partial charge in [0.2, 0.25) is 0 Å². The zero-order valence-electron chi connectivity index (χ0n) is 17.4. The minimum Gasteiger partial charge on any atom is -0.367 e. The van der Waals surface area contributed by atoms with E-state index in [9.17, 15) is 0 Å². The molecular weight excluding hydrogens is 340 g/mol. The van der Waals surface area contributed by atoms with Crippen LogP contribution in [0.5, 0.6) is 0 Å². The number of nitrogens with one attached hydrogen (secondary N) is 3. The standard InChI is InChI=1S/C19H36N8/c1-5-26(6-2)13-9-11-20-18-16-17(23-15-22-16)19(25-24-18)21-12-10-14-27(7-3)8-4/h15H,5-14H2,1-4H3,(H,20,24)(H,21,25)(H,22,23). The topological polar surface area (TPSA) is 85.0 Å². The maximum absolute atomic E-state index is 4.43. The van der Waals surface area contributed by atoms with Crippen molar-refractivity contribution in [2.75, 3.05) is 63.0 Å². The van der Waals surface area contributed by atoms with Crippen molar-refractivity contribution in [1.29, 1.82) is 0 Å². The summed E-state index contributed by atoms with van der Waals surface area (Å²) in [5, 5.41) is 15.5. The molecule has 8 heteroatoms. The Hall–Kier alpha value is -1.93. The van der Waals surface area contributed by atoms with Crippen LogP contribution < -0.4 is 10.6 Å². The average Bonchev–Trinajstić information content (AvgIpc) is 3.19. The van der Waals surface area contributed by atoms with Crippen molar-refractivity contribution < 1.29 is 0 Å². The molecule has 27 heavy (non-hydrogen) atoms. The minimum atomic E-state index is 0.750. The van der Waals surface area contributed by atoms with Crippen molar-refractivity contribution in [3.05, 3.63) is 6.33 Å². The molecule has 0 unspecified atom stereocenters. The quantitative estimate of drug-likeness (QED) is 0.437. The van der Waals surface area contributed by atoms with Crippen molar-refractivity contribution in [2.45, 2.75) is 40.5 Å². The maximum Gasteiger partial charge on any atom is 0.177 e. The first kappa shape index (κ1) is 21.4. The number of hydrogen-bond acceptors (Lipinski definition) is 7. The first-order valence-electron chi connectivity index (χ1n) is 10.4. The summed E-state index contributed by atoms with van der Waals surface area (Å²) in [4.78, 5) is 12.5. The third kappa shape index (κ3) is 6.32. The third-order valence-electron chi connectivity index (χ3n) is 5.03. The number of hydrogen-bond donors (Lipinski definition) is 3. The van der Waals surface area contributed by atoms with Gasteiger partial charge in [0.05, 0.1) is 6.33 Å². The SMILES string of the molecule is CCN(CC)CCCNc1nnc(NCCCN(CC)CC)c2[nH]cnc12. The fourth-order valence-electron chi connectivity index (χ4n) is 3.19. The van der Waals surface area contributed by atoms with E-state index in [2.05, 4.69) is 68.3 Å². The van der Waals surface area contributed by atoms with Crippen LogP contribution in [0.25, 0.3) is 11.0 Å². The number of nitrogens with zero attached hydrogens (tertiary/aromatic N) is 5. The Labute approximate surface area is 163 Å². The fraction of sp³-hybridized carbons (Fsp3) is 0.737. The number of imidazole rings is 1. The molecule has 0 fully saturated rings. The van der Waals surface area contributed by atoms with Crippen molar-refractivity contribution in [3.63, 3.8) is 0 Å². The smallest absolute Gasteiger partial charge is 0.177 e. The predicted octanol–water partition coefficient (Wildman–Crippen LogP) is 2.64. The van der Waals surface area contributed by atoms with Crippen LogP contribution in [-0.4, -0.2) is 82.3 Å². The molecule has 2 rings (SSSR count).